The van der Waals surface area contributed by atoms with Gasteiger partial charge in [0.1, 0.15) is 16.2 Å². The van der Waals surface area contributed by atoms with Gasteiger partial charge in [-0.15, -0.1) is 0 Å². The fourth-order valence-electron chi connectivity index (χ4n) is 2.73. The standard InChI is InChI=1S/C13H13BrO2/c14-12-11(15)9-5-1-2-6-10(9)16-13(12)7-3-4-8-13/h1-2,5-6,12H,3-4,7-8H2. The van der Waals surface area contributed by atoms with Crippen LogP contribution in [0.2, 0.25) is 0 Å². The molecule has 1 aliphatic carbocycles. The largest absolute Gasteiger partial charge is 0.485 e. The summed E-state index contributed by atoms with van der Waals surface area (Å²) in [4.78, 5) is 12.1. The van der Waals surface area contributed by atoms with Gasteiger partial charge in [-0.2, -0.15) is 0 Å². The van der Waals surface area contributed by atoms with Crippen molar-refractivity contribution in [3.63, 3.8) is 0 Å². The van der Waals surface area contributed by atoms with Crippen LogP contribution in [0.1, 0.15) is 36.0 Å². The van der Waals surface area contributed by atoms with Gasteiger partial charge >= 0.3 is 0 Å². The van der Waals surface area contributed by atoms with E-state index >= 15 is 0 Å². The Morgan fingerprint density at radius 3 is 2.69 bits per heavy atom. The van der Waals surface area contributed by atoms with Crippen LogP contribution >= 0.6 is 15.9 Å². The first-order valence-corrected chi connectivity index (χ1v) is 6.61. The van der Waals surface area contributed by atoms with Crippen molar-refractivity contribution in [2.45, 2.75) is 36.1 Å². The van der Waals surface area contributed by atoms with Crippen LogP contribution in [0.15, 0.2) is 24.3 Å². The summed E-state index contributed by atoms with van der Waals surface area (Å²) in [5.41, 5.74) is 0.424. The molecule has 1 heterocycles. The first kappa shape index (κ1) is 10.3. The van der Waals surface area contributed by atoms with Gasteiger partial charge in [0.2, 0.25) is 0 Å². The molecule has 1 fully saturated rings. The van der Waals surface area contributed by atoms with Gasteiger partial charge in [-0.1, -0.05) is 28.1 Å². The third-order valence-corrected chi connectivity index (χ3v) is 4.86. The molecule has 3 rings (SSSR count). The minimum absolute atomic E-state index is 0.170. The van der Waals surface area contributed by atoms with Crippen LogP contribution in [0.3, 0.4) is 0 Å². The van der Waals surface area contributed by atoms with Crippen LogP contribution in [-0.4, -0.2) is 16.2 Å². The maximum Gasteiger partial charge on any atom is 0.184 e. The van der Waals surface area contributed by atoms with E-state index in [1.54, 1.807) is 0 Å². The number of halogens is 1. The first-order valence-electron chi connectivity index (χ1n) is 5.69. The fourth-order valence-corrected chi connectivity index (χ4v) is 3.53. The van der Waals surface area contributed by atoms with E-state index in [0.29, 0.717) is 5.56 Å². The molecule has 3 heteroatoms. The SMILES string of the molecule is O=C1c2ccccc2OC2(CCCC2)C1Br. The third-order valence-electron chi connectivity index (χ3n) is 3.61. The number of carbonyl (C=O) groups excluding carboxylic acids is 1. The smallest absolute Gasteiger partial charge is 0.184 e. The molecule has 0 bridgehead atoms. The van der Waals surface area contributed by atoms with Gasteiger partial charge in [0.15, 0.2) is 5.78 Å². The van der Waals surface area contributed by atoms with E-state index in [4.69, 9.17) is 4.74 Å². The second kappa shape index (κ2) is 3.59. The maximum absolute atomic E-state index is 12.3. The Labute approximate surface area is 103 Å². The van der Waals surface area contributed by atoms with E-state index in [0.717, 1.165) is 31.4 Å². The second-order valence-corrected chi connectivity index (χ2v) is 5.51. The van der Waals surface area contributed by atoms with Crippen molar-refractivity contribution < 1.29 is 9.53 Å². The van der Waals surface area contributed by atoms with Gasteiger partial charge in [-0.25, -0.2) is 0 Å². The van der Waals surface area contributed by atoms with Crippen LogP contribution in [0, 0.1) is 0 Å². The number of benzene rings is 1. The number of hydrogen-bond acceptors (Lipinski definition) is 2. The highest BCUT2D eigenvalue weighted by Gasteiger charge is 2.49. The number of fused-ring (bicyclic) bond motifs is 1. The molecule has 84 valence electrons. The van der Waals surface area contributed by atoms with E-state index in [2.05, 4.69) is 15.9 Å². The Hall–Kier alpha value is -0.830. The summed E-state index contributed by atoms with van der Waals surface area (Å²) in [5, 5.41) is 0. The average Bonchev–Trinajstić information content (AvgIpc) is 2.76. The molecule has 2 aliphatic rings. The molecule has 1 saturated carbocycles. The summed E-state index contributed by atoms with van der Waals surface area (Å²) in [6, 6.07) is 7.54. The van der Waals surface area contributed by atoms with Crippen molar-refractivity contribution >= 4 is 21.7 Å². The monoisotopic (exact) mass is 280 g/mol. The van der Waals surface area contributed by atoms with Gasteiger partial charge in [0.05, 0.1) is 5.56 Å². The Morgan fingerprint density at radius 2 is 1.94 bits per heavy atom. The lowest BCUT2D eigenvalue weighted by Gasteiger charge is -2.38. The average molecular weight is 281 g/mol. The summed E-state index contributed by atoms with van der Waals surface area (Å²) in [6.07, 6.45) is 4.25. The van der Waals surface area contributed by atoms with Gasteiger partial charge in [-0.3, -0.25) is 4.79 Å². The number of ketones is 1. The number of alkyl halides is 1. The highest BCUT2D eigenvalue weighted by Crippen LogP contribution is 2.45. The normalized spacial score (nSPS) is 26.6. The number of para-hydroxylation sites is 1. The minimum atomic E-state index is -0.286. The topological polar surface area (TPSA) is 26.3 Å². The molecule has 0 aromatic heterocycles. The molecule has 1 aromatic rings. The molecule has 0 radical (unpaired) electrons. The van der Waals surface area contributed by atoms with Crippen molar-refractivity contribution in [2.24, 2.45) is 0 Å². The Bertz CT molecular complexity index is 435. The Balaban J connectivity index is 2.08. The highest BCUT2D eigenvalue weighted by atomic mass is 79.9. The van der Waals surface area contributed by atoms with Gasteiger partial charge in [0.25, 0.3) is 0 Å². The molecule has 16 heavy (non-hydrogen) atoms. The number of ether oxygens (including phenoxy) is 1. The van der Waals surface area contributed by atoms with Crippen LogP contribution in [0.25, 0.3) is 0 Å². The zero-order valence-corrected chi connectivity index (χ0v) is 10.5. The van der Waals surface area contributed by atoms with E-state index < -0.39 is 0 Å². The molecule has 1 aliphatic heterocycles. The van der Waals surface area contributed by atoms with E-state index in [1.165, 1.54) is 0 Å². The summed E-state index contributed by atoms with van der Waals surface area (Å²) < 4.78 is 6.10. The summed E-state index contributed by atoms with van der Waals surface area (Å²) in [7, 11) is 0. The fraction of sp³-hybridized carbons (Fsp3) is 0.462. The van der Waals surface area contributed by atoms with Gasteiger partial charge in [-0.05, 0) is 37.8 Å². The van der Waals surface area contributed by atoms with E-state index in [-0.39, 0.29) is 16.2 Å². The molecule has 0 N–H and O–H groups in total. The predicted octanol–water partition coefficient (Wildman–Crippen LogP) is 3.34. The second-order valence-electron chi connectivity index (χ2n) is 4.60. The lowest BCUT2D eigenvalue weighted by atomic mass is 9.88. The Kier molecular flexibility index (Phi) is 2.32. The van der Waals surface area contributed by atoms with E-state index in [9.17, 15) is 4.79 Å². The van der Waals surface area contributed by atoms with Crippen molar-refractivity contribution in [2.75, 3.05) is 0 Å². The molecule has 1 atom stereocenters. The number of rotatable bonds is 0. The Morgan fingerprint density at radius 1 is 1.25 bits per heavy atom. The quantitative estimate of drug-likeness (QED) is 0.682. The van der Waals surface area contributed by atoms with Crippen LogP contribution in [0.5, 0.6) is 5.75 Å². The van der Waals surface area contributed by atoms with Gasteiger partial charge < -0.3 is 4.74 Å². The van der Waals surface area contributed by atoms with Crippen LogP contribution in [-0.2, 0) is 0 Å². The van der Waals surface area contributed by atoms with Crippen molar-refractivity contribution in [1.29, 1.82) is 0 Å². The first-order chi connectivity index (χ1) is 7.73. The molecular formula is C13H13BrO2. The van der Waals surface area contributed by atoms with Crippen molar-refractivity contribution in [3.8, 4) is 5.75 Å². The lowest BCUT2D eigenvalue weighted by Crippen LogP contribution is -2.49. The van der Waals surface area contributed by atoms with Crippen molar-refractivity contribution in [1.82, 2.24) is 0 Å². The molecule has 0 saturated heterocycles. The van der Waals surface area contributed by atoms with Crippen LogP contribution in [0.4, 0.5) is 0 Å². The molecule has 0 amide bonds. The highest BCUT2D eigenvalue weighted by molar-refractivity contribution is 9.10. The zero-order chi connectivity index (χ0) is 11.2. The predicted molar refractivity (Wildman–Crippen MR) is 65.3 cm³/mol. The number of carbonyl (C=O) groups is 1. The lowest BCUT2D eigenvalue weighted by molar-refractivity contribution is 0.0509. The van der Waals surface area contributed by atoms with Crippen molar-refractivity contribution in [3.05, 3.63) is 29.8 Å². The molecule has 2 nitrogen and oxygen atoms in total. The maximum atomic E-state index is 12.3. The zero-order valence-electron chi connectivity index (χ0n) is 8.91. The minimum Gasteiger partial charge on any atom is -0.485 e. The molecule has 1 aromatic carbocycles. The summed E-state index contributed by atoms with van der Waals surface area (Å²) in [6.45, 7) is 0. The number of hydrogen-bond donors (Lipinski definition) is 0. The molecule has 1 spiro atoms. The molecular weight excluding hydrogens is 268 g/mol. The number of Topliss-reactive ketones (excluding diaryl/α,β-unsaturated/α-hetero) is 1. The van der Waals surface area contributed by atoms with Crippen LogP contribution < -0.4 is 4.74 Å². The van der Waals surface area contributed by atoms with Gasteiger partial charge in [0, 0.05) is 0 Å². The summed E-state index contributed by atoms with van der Waals surface area (Å²) >= 11 is 3.53. The third kappa shape index (κ3) is 1.34. The van der Waals surface area contributed by atoms with E-state index in [1.807, 2.05) is 24.3 Å². The molecule has 1 unspecified atom stereocenters. The summed E-state index contributed by atoms with van der Waals surface area (Å²) in [5.74, 6) is 0.925.